The molecule has 1 N–H and O–H groups in total. The second-order valence-corrected chi connectivity index (χ2v) is 5.62. The third-order valence-electron chi connectivity index (χ3n) is 4.39. The third kappa shape index (κ3) is 4.59. The molecule has 1 saturated heterocycles. The Kier molecular flexibility index (Phi) is 7.82. The molecular weight excluding hydrogens is 316 g/mol. The summed E-state index contributed by atoms with van der Waals surface area (Å²) in [5.41, 5.74) is 0.421. The zero-order chi connectivity index (χ0) is 16.0. The fourth-order valence-electron chi connectivity index (χ4n) is 2.90. The fourth-order valence-corrected chi connectivity index (χ4v) is 2.90. The van der Waals surface area contributed by atoms with Crippen LogP contribution in [0.2, 0.25) is 0 Å². The Labute approximate surface area is 144 Å². The lowest BCUT2D eigenvalue weighted by Crippen LogP contribution is -2.55. The molecule has 23 heavy (non-hydrogen) atoms. The molecule has 1 aliphatic rings. The lowest BCUT2D eigenvalue weighted by atomic mass is 9.90. The van der Waals surface area contributed by atoms with Crippen molar-refractivity contribution in [3.63, 3.8) is 0 Å². The number of carbonyl (C=O) groups excluding carboxylic acids is 1. The van der Waals surface area contributed by atoms with Crippen LogP contribution in [0.4, 0.5) is 0 Å². The summed E-state index contributed by atoms with van der Waals surface area (Å²) in [7, 11) is 3.29. The fraction of sp³-hybridized carbons (Fsp3) is 0.588. The average Bonchev–Trinajstić information content (AvgIpc) is 2.60. The molecule has 1 aromatic carbocycles. The predicted molar refractivity (Wildman–Crippen MR) is 93.2 cm³/mol. The van der Waals surface area contributed by atoms with E-state index >= 15 is 0 Å². The van der Waals surface area contributed by atoms with Crippen LogP contribution in [0.1, 0.15) is 25.3 Å². The standard InChI is InChI=1S/C17H26N2O3.ClH/c1-4-19(13-14-5-7-15(21-2)8-6-14)16(20)17(22-3)9-11-18-12-10-17;/h5-8,18H,4,9-13H2,1-3H3;1H. The van der Waals surface area contributed by atoms with Gasteiger partial charge in [0.15, 0.2) is 0 Å². The van der Waals surface area contributed by atoms with E-state index in [2.05, 4.69) is 5.32 Å². The summed E-state index contributed by atoms with van der Waals surface area (Å²) in [6.07, 6.45) is 1.45. The Hall–Kier alpha value is -1.30. The topological polar surface area (TPSA) is 50.8 Å². The lowest BCUT2D eigenvalue weighted by molar-refractivity contribution is -0.158. The van der Waals surface area contributed by atoms with Crippen molar-refractivity contribution >= 4 is 18.3 Å². The van der Waals surface area contributed by atoms with Crippen molar-refractivity contribution in [3.8, 4) is 5.75 Å². The van der Waals surface area contributed by atoms with Gasteiger partial charge in [0.2, 0.25) is 0 Å². The van der Waals surface area contributed by atoms with E-state index in [0.29, 0.717) is 13.1 Å². The van der Waals surface area contributed by atoms with E-state index in [1.165, 1.54) is 0 Å². The first kappa shape index (κ1) is 19.7. The Bertz CT molecular complexity index is 487. The highest BCUT2D eigenvalue weighted by Gasteiger charge is 2.41. The first-order chi connectivity index (χ1) is 10.6. The minimum absolute atomic E-state index is 0. The normalized spacial score (nSPS) is 16.3. The third-order valence-corrected chi connectivity index (χ3v) is 4.39. The largest absolute Gasteiger partial charge is 0.497 e. The number of hydrogen-bond acceptors (Lipinski definition) is 4. The smallest absolute Gasteiger partial charge is 0.255 e. The van der Waals surface area contributed by atoms with Crippen molar-refractivity contribution in [3.05, 3.63) is 29.8 Å². The molecule has 0 unspecified atom stereocenters. The summed E-state index contributed by atoms with van der Waals surface area (Å²) in [5, 5.41) is 3.28. The SMILES string of the molecule is CCN(Cc1ccc(OC)cc1)C(=O)C1(OC)CCNCC1.Cl. The summed E-state index contributed by atoms with van der Waals surface area (Å²) in [6, 6.07) is 7.84. The van der Waals surface area contributed by atoms with Crippen LogP contribution in [0, 0.1) is 0 Å². The van der Waals surface area contributed by atoms with Crippen LogP contribution in [0.3, 0.4) is 0 Å². The Balaban J connectivity index is 0.00000264. The first-order valence-corrected chi connectivity index (χ1v) is 7.83. The number of rotatable bonds is 6. The molecule has 0 saturated carbocycles. The number of halogens is 1. The molecular formula is C17H27ClN2O3. The number of nitrogens with zero attached hydrogens (tertiary/aromatic N) is 1. The Morgan fingerprint density at radius 2 is 1.83 bits per heavy atom. The molecule has 0 radical (unpaired) electrons. The van der Waals surface area contributed by atoms with Crippen LogP contribution < -0.4 is 10.1 Å². The second-order valence-electron chi connectivity index (χ2n) is 5.62. The van der Waals surface area contributed by atoms with Crippen LogP contribution in [-0.4, -0.2) is 50.3 Å². The van der Waals surface area contributed by atoms with Crippen LogP contribution in [-0.2, 0) is 16.1 Å². The summed E-state index contributed by atoms with van der Waals surface area (Å²) >= 11 is 0. The van der Waals surface area contributed by atoms with Crippen LogP contribution >= 0.6 is 12.4 Å². The lowest BCUT2D eigenvalue weighted by Gasteiger charge is -2.38. The van der Waals surface area contributed by atoms with Gasteiger partial charge in [-0.15, -0.1) is 12.4 Å². The molecule has 1 fully saturated rings. The molecule has 0 aliphatic carbocycles. The monoisotopic (exact) mass is 342 g/mol. The predicted octanol–water partition coefficient (Wildman–Crippen LogP) is 2.23. The van der Waals surface area contributed by atoms with Gasteiger partial charge in [-0.3, -0.25) is 4.79 Å². The van der Waals surface area contributed by atoms with E-state index in [0.717, 1.165) is 37.2 Å². The number of piperidine rings is 1. The van der Waals surface area contributed by atoms with Crippen LogP contribution in [0.25, 0.3) is 0 Å². The van der Waals surface area contributed by atoms with Gasteiger partial charge in [-0.1, -0.05) is 12.1 Å². The molecule has 1 aliphatic heterocycles. The number of amides is 1. The van der Waals surface area contributed by atoms with E-state index in [1.807, 2.05) is 36.1 Å². The van der Waals surface area contributed by atoms with E-state index in [9.17, 15) is 4.79 Å². The maximum absolute atomic E-state index is 13.0. The van der Waals surface area contributed by atoms with Crippen LogP contribution in [0.15, 0.2) is 24.3 Å². The molecule has 130 valence electrons. The van der Waals surface area contributed by atoms with E-state index in [4.69, 9.17) is 9.47 Å². The van der Waals surface area contributed by atoms with Gasteiger partial charge in [-0.25, -0.2) is 0 Å². The molecule has 0 aromatic heterocycles. The minimum Gasteiger partial charge on any atom is -0.497 e. The van der Waals surface area contributed by atoms with Gasteiger partial charge in [-0.05, 0) is 50.6 Å². The van der Waals surface area contributed by atoms with Gasteiger partial charge in [0.05, 0.1) is 7.11 Å². The number of carbonyl (C=O) groups is 1. The molecule has 5 nitrogen and oxygen atoms in total. The van der Waals surface area contributed by atoms with Gasteiger partial charge in [-0.2, -0.15) is 0 Å². The van der Waals surface area contributed by atoms with Gasteiger partial charge < -0.3 is 19.7 Å². The molecule has 2 rings (SSSR count). The number of likely N-dealkylation sites (N-methyl/N-ethyl adjacent to an activating group) is 1. The van der Waals surface area contributed by atoms with Crippen molar-refractivity contribution in [2.24, 2.45) is 0 Å². The van der Waals surface area contributed by atoms with E-state index in [-0.39, 0.29) is 18.3 Å². The van der Waals surface area contributed by atoms with Gasteiger partial charge in [0.25, 0.3) is 5.91 Å². The number of ether oxygens (including phenoxy) is 2. The number of benzene rings is 1. The maximum atomic E-state index is 13.0. The maximum Gasteiger partial charge on any atom is 0.255 e. The van der Waals surface area contributed by atoms with E-state index in [1.54, 1.807) is 14.2 Å². The molecule has 6 heteroatoms. The number of hydrogen-bond donors (Lipinski definition) is 1. The van der Waals surface area contributed by atoms with Gasteiger partial charge >= 0.3 is 0 Å². The summed E-state index contributed by atoms with van der Waals surface area (Å²) in [5.74, 6) is 0.916. The highest BCUT2D eigenvalue weighted by Crippen LogP contribution is 2.26. The highest BCUT2D eigenvalue weighted by atomic mass is 35.5. The number of methoxy groups -OCH3 is 2. The van der Waals surface area contributed by atoms with Gasteiger partial charge in [0.1, 0.15) is 11.4 Å². The quantitative estimate of drug-likeness (QED) is 0.861. The van der Waals surface area contributed by atoms with Crippen molar-refractivity contribution in [2.45, 2.75) is 31.9 Å². The van der Waals surface area contributed by atoms with Crippen molar-refractivity contribution in [1.82, 2.24) is 10.2 Å². The second kappa shape index (κ2) is 9.11. The molecule has 1 heterocycles. The first-order valence-electron chi connectivity index (χ1n) is 7.83. The van der Waals surface area contributed by atoms with Crippen molar-refractivity contribution in [2.75, 3.05) is 33.9 Å². The molecule has 1 amide bonds. The molecule has 0 atom stereocenters. The van der Waals surface area contributed by atoms with Gasteiger partial charge in [0, 0.05) is 20.2 Å². The average molecular weight is 343 g/mol. The molecule has 1 aromatic rings. The molecule has 0 spiro atoms. The number of nitrogens with one attached hydrogen (secondary N) is 1. The zero-order valence-corrected chi connectivity index (χ0v) is 14.9. The summed E-state index contributed by atoms with van der Waals surface area (Å²) < 4.78 is 10.8. The molecule has 0 bridgehead atoms. The highest BCUT2D eigenvalue weighted by molar-refractivity contribution is 5.85. The Morgan fingerprint density at radius 1 is 1.22 bits per heavy atom. The summed E-state index contributed by atoms with van der Waals surface area (Å²) in [4.78, 5) is 14.8. The van der Waals surface area contributed by atoms with Crippen molar-refractivity contribution in [1.29, 1.82) is 0 Å². The summed E-state index contributed by atoms with van der Waals surface area (Å²) in [6.45, 7) is 4.91. The Morgan fingerprint density at radius 3 is 2.30 bits per heavy atom. The van der Waals surface area contributed by atoms with Crippen molar-refractivity contribution < 1.29 is 14.3 Å². The minimum atomic E-state index is -0.673. The van der Waals surface area contributed by atoms with Crippen LogP contribution in [0.5, 0.6) is 5.75 Å². The zero-order valence-electron chi connectivity index (χ0n) is 14.1. The van der Waals surface area contributed by atoms with E-state index < -0.39 is 5.60 Å².